The van der Waals surface area contributed by atoms with Gasteiger partial charge >= 0.3 is 11.4 Å². The third-order valence-electron chi connectivity index (χ3n) is 2.62. The zero-order valence-corrected chi connectivity index (χ0v) is 10.1. The molecule has 0 spiro atoms. The average Bonchev–Trinajstić information content (AvgIpc) is 3.01. The molecule has 12 nitrogen and oxygen atoms in total. The maximum absolute atomic E-state index is 11.7. The van der Waals surface area contributed by atoms with Crippen molar-refractivity contribution in [3.8, 4) is 0 Å². The van der Waals surface area contributed by atoms with Gasteiger partial charge in [-0.25, -0.2) is 5.23 Å². The van der Waals surface area contributed by atoms with Gasteiger partial charge in [0.05, 0.1) is 0 Å². The van der Waals surface area contributed by atoms with Gasteiger partial charge in [0.15, 0.2) is 15.8 Å². The maximum Gasteiger partial charge on any atom is 0.335 e. The molecule has 104 valence electrons. The number of oxime groups is 2. The second-order valence-electron chi connectivity index (χ2n) is 3.86. The van der Waals surface area contributed by atoms with Crippen molar-refractivity contribution in [2.45, 2.75) is 13.8 Å². The molecule has 2 aliphatic rings. The van der Waals surface area contributed by atoms with Crippen LogP contribution in [0.5, 0.6) is 0 Å². The van der Waals surface area contributed by atoms with E-state index in [1.807, 2.05) is 0 Å². The third kappa shape index (κ3) is 1.51. The summed E-state index contributed by atoms with van der Waals surface area (Å²) in [4.78, 5) is 20.5. The number of hydrogen-bond donors (Lipinski definition) is 0. The molecule has 1 aromatic rings. The molecule has 0 N–H and O–H groups in total. The highest BCUT2D eigenvalue weighted by Crippen LogP contribution is 2.26. The quantitative estimate of drug-likeness (QED) is 0.620. The molecule has 20 heavy (non-hydrogen) atoms. The minimum absolute atomic E-state index is 0.0117. The molecular formula is C8H6N6O6. The molecule has 0 fully saturated rings. The van der Waals surface area contributed by atoms with E-state index >= 15 is 0 Å². The second-order valence-corrected chi connectivity index (χ2v) is 3.86. The molecule has 0 atom stereocenters. The fourth-order valence-electron chi connectivity index (χ4n) is 1.75. The van der Waals surface area contributed by atoms with Crippen LogP contribution in [0, 0.1) is 22.2 Å². The molecule has 0 aliphatic carbocycles. The molecule has 0 aromatic carbocycles. The van der Waals surface area contributed by atoms with Gasteiger partial charge in [0, 0.05) is 12.1 Å². The van der Waals surface area contributed by atoms with Crippen molar-refractivity contribution in [3.63, 3.8) is 0 Å². The van der Waals surface area contributed by atoms with E-state index in [0.29, 0.717) is 0 Å². The van der Waals surface area contributed by atoms with Crippen LogP contribution >= 0.6 is 0 Å². The SMILES string of the molecule is CC1=NON([O-])C1=C1C(c2c(C)no[n+]2[O-])=NO[N+]1=O. The highest BCUT2D eigenvalue weighted by molar-refractivity contribution is 6.14. The zero-order chi connectivity index (χ0) is 14.4. The van der Waals surface area contributed by atoms with Crippen LogP contribution in [0.3, 0.4) is 0 Å². The Hall–Kier alpha value is -3.02. The first-order chi connectivity index (χ1) is 9.50. The van der Waals surface area contributed by atoms with Crippen LogP contribution in [-0.2, 0) is 9.88 Å². The summed E-state index contributed by atoms with van der Waals surface area (Å²) < 4.78 is 4.39. The lowest BCUT2D eigenvalue weighted by Gasteiger charge is -2.19. The predicted molar refractivity (Wildman–Crippen MR) is 57.9 cm³/mol. The third-order valence-corrected chi connectivity index (χ3v) is 2.62. The number of aromatic nitrogens is 2. The number of hydroxylamine groups is 2. The minimum Gasteiger partial charge on any atom is -0.722 e. The van der Waals surface area contributed by atoms with Crippen LogP contribution in [-0.4, -0.2) is 26.7 Å². The summed E-state index contributed by atoms with van der Waals surface area (Å²) in [5, 5.41) is 33.3. The van der Waals surface area contributed by atoms with Crippen LogP contribution in [0.4, 0.5) is 0 Å². The Balaban J connectivity index is 2.20. The number of aryl methyl sites for hydroxylation is 1. The summed E-state index contributed by atoms with van der Waals surface area (Å²) in [5.74, 6) is 0. The summed E-state index contributed by atoms with van der Waals surface area (Å²) in [5.41, 5.74) is -0.614. The van der Waals surface area contributed by atoms with E-state index in [1.54, 1.807) is 0 Å². The van der Waals surface area contributed by atoms with Gasteiger partial charge in [-0.1, -0.05) is 5.16 Å². The van der Waals surface area contributed by atoms with Crippen LogP contribution in [0.25, 0.3) is 0 Å². The topological polar surface area (TPSA) is 143 Å². The fourth-order valence-corrected chi connectivity index (χ4v) is 1.75. The van der Waals surface area contributed by atoms with Gasteiger partial charge in [-0.2, -0.15) is 0 Å². The second kappa shape index (κ2) is 3.99. The number of allylic oxidation sites excluding steroid dienone is 2. The highest BCUT2D eigenvalue weighted by atomic mass is 17.0. The van der Waals surface area contributed by atoms with Crippen molar-refractivity contribution < 1.29 is 24.3 Å². The van der Waals surface area contributed by atoms with E-state index < -0.39 is 0 Å². The lowest BCUT2D eigenvalue weighted by molar-refractivity contribution is -0.803. The van der Waals surface area contributed by atoms with Crippen LogP contribution in [0.15, 0.2) is 26.3 Å². The molecule has 0 bridgehead atoms. The summed E-state index contributed by atoms with van der Waals surface area (Å²) in [6.07, 6.45) is 0. The largest absolute Gasteiger partial charge is 0.722 e. The van der Waals surface area contributed by atoms with Gasteiger partial charge in [0.1, 0.15) is 5.71 Å². The van der Waals surface area contributed by atoms with E-state index in [9.17, 15) is 15.3 Å². The molecule has 0 radical (unpaired) electrons. The highest BCUT2D eigenvalue weighted by Gasteiger charge is 2.47. The van der Waals surface area contributed by atoms with Crippen molar-refractivity contribution in [1.82, 2.24) is 10.4 Å². The Labute approximate surface area is 109 Å². The predicted octanol–water partition coefficient (Wildman–Crippen LogP) is -0.623. The Bertz CT molecular complexity index is 683. The number of hydrogen-bond acceptors (Lipinski definition) is 10. The van der Waals surface area contributed by atoms with Gasteiger partial charge in [-0.3, -0.25) is 9.57 Å². The maximum atomic E-state index is 11.7. The van der Waals surface area contributed by atoms with E-state index in [2.05, 4.69) is 30.0 Å². The summed E-state index contributed by atoms with van der Waals surface area (Å²) >= 11 is 0. The molecule has 0 unspecified atom stereocenters. The van der Waals surface area contributed by atoms with Crippen LogP contribution in [0.2, 0.25) is 0 Å². The lowest BCUT2D eigenvalue weighted by atomic mass is 10.1. The first-order valence-corrected chi connectivity index (χ1v) is 5.23. The van der Waals surface area contributed by atoms with Crippen molar-refractivity contribution in [3.05, 3.63) is 38.1 Å². The normalized spacial score (nSPS) is 21.8. The standard InChI is InChI=1S/C8H6N6O6/c1-3-6(12(15)18-9-3)5-8(14(17)20-11-5)7-4(2)10-19-13(7)16/h1-2H3. The Morgan fingerprint density at radius 1 is 1.30 bits per heavy atom. The molecule has 0 amide bonds. The van der Waals surface area contributed by atoms with Gasteiger partial charge < -0.3 is 10.4 Å². The molecule has 0 saturated carbocycles. The van der Waals surface area contributed by atoms with Gasteiger partial charge in [0.25, 0.3) is 5.69 Å². The summed E-state index contributed by atoms with van der Waals surface area (Å²) in [6.45, 7) is 2.91. The lowest BCUT2D eigenvalue weighted by Crippen LogP contribution is -2.33. The van der Waals surface area contributed by atoms with Crippen molar-refractivity contribution in [2.24, 2.45) is 10.3 Å². The van der Waals surface area contributed by atoms with Gasteiger partial charge in [0.2, 0.25) is 5.69 Å². The van der Waals surface area contributed by atoms with E-state index in [4.69, 9.17) is 0 Å². The van der Waals surface area contributed by atoms with Crippen LogP contribution < -0.4 is 4.90 Å². The molecule has 12 heteroatoms. The number of nitrogens with zero attached hydrogens (tertiary/aromatic N) is 6. The first-order valence-electron chi connectivity index (χ1n) is 5.23. The molecule has 3 rings (SSSR count). The van der Waals surface area contributed by atoms with Crippen molar-refractivity contribution >= 4 is 11.4 Å². The molecule has 2 aliphatic heterocycles. The zero-order valence-electron chi connectivity index (χ0n) is 10.1. The van der Waals surface area contributed by atoms with Gasteiger partial charge in [-0.15, -0.1) is 0 Å². The average molecular weight is 282 g/mol. The summed E-state index contributed by atoms with van der Waals surface area (Å²) in [7, 11) is 0. The van der Waals surface area contributed by atoms with E-state index in [-0.39, 0.29) is 49.3 Å². The first kappa shape index (κ1) is 12.0. The van der Waals surface area contributed by atoms with Gasteiger partial charge in [-0.05, 0) is 21.7 Å². The summed E-state index contributed by atoms with van der Waals surface area (Å²) in [6, 6.07) is 0. The van der Waals surface area contributed by atoms with E-state index in [1.165, 1.54) is 13.8 Å². The minimum atomic E-state index is -0.324. The monoisotopic (exact) mass is 282 g/mol. The molecule has 1 aromatic heterocycles. The number of rotatable bonds is 1. The Morgan fingerprint density at radius 3 is 2.60 bits per heavy atom. The van der Waals surface area contributed by atoms with Crippen molar-refractivity contribution in [1.29, 1.82) is 0 Å². The van der Waals surface area contributed by atoms with Crippen molar-refractivity contribution in [2.75, 3.05) is 0 Å². The van der Waals surface area contributed by atoms with E-state index in [0.717, 1.165) is 0 Å². The van der Waals surface area contributed by atoms with Crippen LogP contribution in [0.1, 0.15) is 18.3 Å². The molecule has 3 heterocycles. The Kier molecular flexibility index (Phi) is 2.40. The Morgan fingerprint density at radius 2 is 2.05 bits per heavy atom. The molecule has 0 saturated heterocycles. The smallest absolute Gasteiger partial charge is 0.335 e. The fraction of sp³-hybridized carbons (Fsp3) is 0.250. The molecular weight excluding hydrogens is 276 g/mol.